The van der Waals surface area contributed by atoms with Crippen molar-refractivity contribution < 1.29 is 37.6 Å². The van der Waals surface area contributed by atoms with Gasteiger partial charge in [0.25, 0.3) is 0 Å². The third-order valence-electron chi connectivity index (χ3n) is 7.95. The predicted octanol–water partition coefficient (Wildman–Crippen LogP) is 10.0. The number of allylic oxidation sites excluding steroid dienone is 3. The average Bonchev–Trinajstić information content (AvgIpc) is 3.05. The van der Waals surface area contributed by atoms with Crippen LogP contribution in [0.25, 0.3) is 0 Å². The van der Waals surface area contributed by atoms with Crippen LogP contribution >= 0.6 is 7.82 Å². The molecule has 0 aromatic carbocycles. The molecule has 0 aromatic rings. The van der Waals surface area contributed by atoms with Gasteiger partial charge in [-0.2, -0.15) is 0 Å². The van der Waals surface area contributed by atoms with Crippen LogP contribution in [0.15, 0.2) is 24.3 Å². The lowest BCUT2D eigenvalue weighted by Gasteiger charge is -2.19. The fourth-order valence-corrected chi connectivity index (χ4v) is 5.89. The molecular weight excluding hydrogens is 617 g/mol. The molecule has 0 saturated carbocycles. The molecule has 47 heavy (non-hydrogen) atoms. The van der Waals surface area contributed by atoms with Crippen LogP contribution in [0.1, 0.15) is 168 Å². The van der Waals surface area contributed by atoms with Crippen molar-refractivity contribution in [3.63, 3.8) is 0 Å². The van der Waals surface area contributed by atoms with Crippen molar-refractivity contribution in [1.29, 1.82) is 0 Å². The van der Waals surface area contributed by atoms with Crippen molar-refractivity contribution in [2.24, 2.45) is 5.73 Å². The van der Waals surface area contributed by atoms with Crippen molar-refractivity contribution in [2.45, 2.75) is 174 Å². The maximum Gasteiger partial charge on any atom is 0.472 e. The molecule has 10 heteroatoms. The molecule has 276 valence electrons. The lowest BCUT2D eigenvalue weighted by Crippen LogP contribution is -2.29. The van der Waals surface area contributed by atoms with Crippen LogP contribution in [0, 0.1) is 0 Å². The molecule has 0 aliphatic carbocycles. The number of nitrogens with two attached hydrogens (primary N) is 1. The molecule has 0 amide bonds. The SMILES string of the molecule is CCCCCCCCCCCC=CC=CC(=O)O[C@H](COC(=O)CCCCCCCCCCCCCCC)COP(=O)(O)OCCN. The van der Waals surface area contributed by atoms with Crippen LogP contribution in [0.4, 0.5) is 0 Å². The summed E-state index contributed by atoms with van der Waals surface area (Å²) in [5, 5.41) is 0. The second kappa shape index (κ2) is 34.4. The van der Waals surface area contributed by atoms with Crippen molar-refractivity contribution in [3.05, 3.63) is 24.3 Å². The summed E-state index contributed by atoms with van der Waals surface area (Å²) in [6, 6.07) is 0. The Bertz CT molecular complexity index is 835. The number of carbonyl (C=O) groups excluding carboxylic acids is 2. The number of phosphoric acid groups is 1. The van der Waals surface area contributed by atoms with Gasteiger partial charge in [-0.25, -0.2) is 9.36 Å². The predicted molar refractivity (Wildman–Crippen MR) is 192 cm³/mol. The number of phosphoric ester groups is 1. The highest BCUT2D eigenvalue weighted by Gasteiger charge is 2.25. The maximum atomic E-state index is 12.4. The Morgan fingerprint density at radius 2 is 1.17 bits per heavy atom. The summed E-state index contributed by atoms with van der Waals surface area (Å²) < 4.78 is 32.4. The van der Waals surface area contributed by atoms with Crippen LogP contribution in [-0.2, 0) is 32.7 Å². The van der Waals surface area contributed by atoms with Crippen molar-refractivity contribution in [3.8, 4) is 0 Å². The summed E-state index contributed by atoms with van der Waals surface area (Å²) in [6.45, 7) is 3.59. The molecule has 3 N–H and O–H groups in total. The van der Waals surface area contributed by atoms with Crippen molar-refractivity contribution >= 4 is 19.8 Å². The molecular formula is C37H70NO8P. The summed E-state index contributed by atoms with van der Waals surface area (Å²) in [5.41, 5.74) is 5.32. The molecule has 0 bridgehead atoms. The minimum absolute atomic E-state index is 0.0422. The second-order valence-corrected chi connectivity index (χ2v) is 14.0. The van der Waals surface area contributed by atoms with Crippen LogP contribution in [0.3, 0.4) is 0 Å². The first-order chi connectivity index (χ1) is 22.8. The van der Waals surface area contributed by atoms with Gasteiger partial charge in [0.2, 0.25) is 0 Å². The van der Waals surface area contributed by atoms with E-state index in [0.29, 0.717) is 0 Å². The molecule has 0 aliphatic heterocycles. The molecule has 0 fully saturated rings. The molecule has 0 saturated heterocycles. The van der Waals surface area contributed by atoms with E-state index in [1.165, 1.54) is 122 Å². The summed E-state index contributed by atoms with van der Waals surface area (Å²) in [6.07, 6.45) is 34.1. The van der Waals surface area contributed by atoms with E-state index < -0.39 is 32.5 Å². The Morgan fingerprint density at radius 1 is 0.681 bits per heavy atom. The molecule has 2 atom stereocenters. The highest BCUT2D eigenvalue weighted by atomic mass is 31.2. The Labute approximate surface area is 287 Å². The lowest BCUT2D eigenvalue weighted by atomic mass is 10.0. The van der Waals surface area contributed by atoms with Gasteiger partial charge in [-0.3, -0.25) is 13.8 Å². The van der Waals surface area contributed by atoms with E-state index in [1.54, 1.807) is 12.2 Å². The quantitative estimate of drug-likeness (QED) is 0.0219. The molecule has 9 nitrogen and oxygen atoms in total. The molecule has 0 rings (SSSR count). The van der Waals surface area contributed by atoms with Crippen LogP contribution in [-0.4, -0.2) is 49.3 Å². The molecule has 0 aromatic heterocycles. The van der Waals surface area contributed by atoms with Crippen LogP contribution in [0.2, 0.25) is 0 Å². The van der Waals surface area contributed by atoms with Gasteiger partial charge in [0.05, 0.1) is 13.2 Å². The number of hydrogen-bond donors (Lipinski definition) is 2. The zero-order valence-electron chi connectivity index (χ0n) is 30.0. The number of rotatable bonds is 35. The summed E-state index contributed by atoms with van der Waals surface area (Å²) in [4.78, 5) is 34.5. The topological polar surface area (TPSA) is 134 Å². The van der Waals surface area contributed by atoms with Crippen molar-refractivity contribution in [1.82, 2.24) is 0 Å². The van der Waals surface area contributed by atoms with E-state index in [-0.39, 0.29) is 26.2 Å². The first-order valence-corrected chi connectivity index (χ1v) is 20.4. The summed E-state index contributed by atoms with van der Waals surface area (Å²) in [7, 11) is -4.39. The van der Waals surface area contributed by atoms with Gasteiger partial charge in [0.15, 0.2) is 6.10 Å². The number of carbonyl (C=O) groups is 2. The van der Waals surface area contributed by atoms with Crippen molar-refractivity contribution in [2.75, 3.05) is 26.4 Å². The zero-order valence-corrected chi connectivity index (χ0v) is 30.9. The molecule has 0 spiro atoms. The number of hydrogen-bond acceptors (Lipinski definition) is 8. The smallest absolute Gasteiger partial charge is 0.462 e. The molecule has 0 radical (unpaired) electrons. The second-order valence-electron chi connectivity index (χ2n) is 12.5. The lowest BCUT2D eigenvalue weighted by molar-refractivity contribution is -0.157. The number of ether oxygens (including phenoxy) is 2. The maximum absolute atomic E-state index is 12.4. The summed E-state index contributed by atoms with van der Waals surface area (Å²) in [5.74, 6) is -1.08. The van der Waals surface area contributed by atoms with E-state index in [4.69, 9.17) is 24.3 Å². The molecule has 0 heterocycles. The van der Waals surface area contributed by atoms with E-state index in [2.05, 4.69) is 13.8 Å². The minimum atomic E-state index is -4.39. The highest BCUT2D eigenvalue weighted by molar-refractivity contribution is 7.47. The van der Waals surface area contributed by atoms with Crippen LogP contribution in [0.5, 0.6) is 0 Å². The first kappa shape index (κ1) is 45.5. The monoisotopic (exact) mass is 687 g/mol. The third kappa shape index (κ3) is 34.2. The fraction of sp³-hybridized carbons (Fsp3) is 0.838. The fourth-order valence-electron chi connectivity index (χ4n) is 5.13. The first-order valence-electron chi connectivity index (χ1n) is 18.9. The van der Waals surface area contributed by atoms with Gasteiger partial charge in [0.1, 0.15) is 6.61 Å². The minimum Gasteiger partial charge on any atom is -0.462 e. The largest absolute Gasteiger partial charge is 0.472 e. The van der Waals surface area contributed by atoms with Gasteiger partial charge in [-0.15, -0.1) is 0 Å². The zero-order chi connectivity index (χ0) is 34.7. The normalized spacial score (nSPS) is 13.7. The van der Waals surface area contributed by atoms with Gasteiger partial charge in [-0.05, 0) is 19.3 Å². The van der Waals surface area contributed by atoms with Gasteiger partial charge in [0, 0.05) is 19.0 Å². The van der Waals surface area contributed by atoms with Crippen LogP contribution < -0.4 is 5.73 Å². The molecule has 0 aliphatic rings. The standard InChI is InChI=1S/C37H70NO8P/c1-3-5-7-9-11-13-15-17-19-21-23-25-27-29-36(39)43-33-35(34-45-47(41,42)44-32-31-38)46-37(40)30-28-26-24-22-20-18-16-14-12-10-8-6-4-2/h24,26,28,30,35H,3-23,25,27,29,31-34,38H2,1-2H3,(H,41,42)/t35-/m1/s1. The average molecular weight is 688 g/mol. The number of unbranched alkanes of at least 4 members (excludes halogenated alkanes) is 21. The number of esters is 2. The van der Waals surface area contributed by atoms with Gasteiger partial charge < -0.3 is 20.1 Å². The Kier molecular flexibility index (Phi) is 33.3. The van der Waals surface area contributed by atoms with E-state index in [1.807, 2.05) is 6.08 Å². The Morgan fingerprint density at radius 3 is 1.68 bits per heavy atom. The van der Waals surface area contributed by atoms with Gasteiger partial charge >= 0.3 is 19.8 Å². The summed E-state index contributed by atoms with van der Waals surface area (Å²) >= 11 is 0. The Balaban J connectivity index is 4.33. The molecule has 1 unspecified atom stereocenters. The van der Waals surface area contributed by atoms with E-state index >= 15 is 0 Å². The Hall–Kier alpha value is -1.51. The third-order valence-corrected chi connectivity index (χ3v) is 8.93. The highest BCUT2D eigenvalue weighted by Crippen LogP contribution is 2.43. The van der Waals surface area contributed by atoms with E-state index in [9.17, 15) is 19.0 Å². The van der Waals surface area contributed by atoms with E-state index in [0.717, 1.165) is 32.1 Å². The van der Waals surface area contributed by atoms with Gasteiger partial charge in [-0.1, -0.05) is 160 Å².